The van der Waals surface area contributed by atoms with Crippen molar-refractivity contribution in [3.05, 3.63) is 52.6 Å². The zero-order chi connectivity index (χ0) is 17.3. The van der Waals surface area contributed by atoms with E-state index >= 15 is 0 Å². The first kappa shape index (κ1) is 15.7. The molecule has 0 saturated carbocycles. The second-order valence-corrected chi connectivity index (χ2v) is 6.38. The van der Waals surface area contributed by atoms with E-state index in [9.17, 15) is 18.0 Å². The third kappa shape index (κ3) is 2.99. The number of aromatic nitrogens is 2. The minimum Gasteiger partial charge on any atom is -0.465 e. The number of sulfonamides is 1. The lowest BCUT2D eigenvalue weighted by molar-refractivity contribution is 0.0600. The van der Waals surface area contributed by atoms with Crippen molar-refractivity contribution in [1.29, 1.82) is 0 Å². The molecule has 2 N–H and O–H groups in total. The molecule has 0 spiro atoms. The Hall–Kier alpha value is -3.14. The summed E-state index contributed by atoms with van der Waals surface area (Å²) in [4.78, 5) is 28.7. The molecule has 0 aliphatic heterocycles. The summed E-state index contributed by atoms with van der Waals surface area (Å²) in [5.41, 5.74) is 0.642. The summed E-state index contributed by atoms with van der Waals surface area (Å²) >= 11 is 0. The predicted molar refractivity (Wildman–Crippen MR) is 83.2 cm³/mol. The first-order chi connectivity index (χ1) is 11.4. The molecule has 1 aromatic carbocycles. The van der Waals surface area contributed by atoms with E-state index in [0.29, 0.717) is 0 Å². The Morgan fingerprint density at radius 2 is 2.08 bits per heavy atom. The number of anilines is 1. The van der Waals surface area contributed by atoms with Gasteiger partial charge in [0.25, 0.3) is 10.0 Å². The molecule has 2 heterocycles. The third-order valence-electron chi connectivity index (χ3n) is 3.12. The van der Waals surface area contributed by atoms with E-state index in [0.717, 1.165) is 0 Å². The number of rotatable bonds is 4. The Labute approximate surface area is 135 Å². The molecule has 0 amide bonds. The van der Waals surface area contributed by atoms with Crippen molar-refractivity contribution in [2.24, 2.45) is 0 Å². The Bertz CT molecular complexity index is 1080. The van der Waals surface area contributed by atoms with Crippen LogP contribution in [0.4, 0.5) is 5.82 Å². The van der Waals surface area contributed by atoms with E-state index < -0.39 is 21.7 Å². The van der Waals surface area contributed by atoms with Gasteiger partial charge in [-0.1, -0.05) is 0 Å². The predicted octanol–water partition coefficient (Wildman–Crippen LogP) is 1.10. The molecule has 3 aromatic rings. The number of H-pyrrole nitrogens is 1. The maximum atomic E-state index is 12.4. The molecular weight excluding hydrogens is 338 g/mol. The number of aromatic amines is 1. The van der Waals surface area contributed by atoms with Crippen molar-refractivity contribution in [3.63, 3.8) is 0 Å². The number of methoxy groups -OCH3 is 1. The molecule has 0 aliphatic carbocycles. The lowest BCUT2D eigenvalue weighted by Crippen LogP contribution is -2.14. The van der Waals surface area contributed by atoms with Crippen molar-refractivity contribution in [3.8, 4) is 0 Å². The van der Waals surface area contributed by atoms with Crippen LogP contribution in [0.5, 0.6) is 0 Å². The molecule has 0 saturated heterocycles. The lowest BCUT2D eigenvalue weighted by Gasteiger charge is -2.08. The van der Waals surface area contributed by atoms with Gasteiger partial charge in [0.2, 0.25) is 0 Å². The van der Waals surface area contributed by atoms with Gasteiger partial charge in [0.05, 0.1) is 23.1 Å². The SMILES string of the molecule is COC(=O)c1ccnc(NS(=O)(=O)c2ccc3oc(=O)[nH]c3c2)c1. The quantitative estimate of drug-likeness (QED) is 0.674. The van der Waals surface area contributed by atoms with Crippen LogP contribution in [-0.2, 0) is 14.8 Å². The average Bonchev–Trinajstić information content (AvgIpc) is 2.93. The van der Waals surface area contributed by atoms with Gasteiger partial charge in [0.15, 0.2) is 5.58 Å². The van der Waals surface area contributed by atoms with Gasteiger partial charge in [-0.2, -0.15) is 0 Å². The van der Waals surface area contributed by atoms with Crippen LogP contribution < -0.4 is 10.5 Å². The fourth-order valence-corrected chi connectivity index (χ4v) is 3.05. The number of oxazole rings is 1. The van der Waals surface area contributed by atoms with Crippen molar-refractivity contribution in [1.82, 2.24) is 9.97 Å². The van der Waals surface area contributed by atoms with Gasteiger partial charge < -0.3 is 9.15 Å². The molecule has 0 bridgehead atoms. The molecule has 2 aromatic heterocycles. The van der Waals surface area contributed by atoms with Crippen molar-refractivity contribution in [2.75, 3.05) is 11.8 Å². The maximum Gasteiger partial charge on any atom is 0.417 e. The normalized spacial score (nSPS) is 11.4. The van der Waals surface area contributed by atoms with E-state index in [1.165, 1.54) is 43.6 Å². The summed E-state index contributed by atoms with van der Waals surface area (Å²) in [6.07, 6.45) is 1.28. The summed E-state index contributed by atoms with van der Waals surface area (Å²) < 4.78 is 36.5. The van der Waals surface area contributed by atoms with Gasteiger partial charge in [-0.3, -0.25) is 9.71 Å². The Morgan fingerprint density at radius 3 is 2.83 bits per heavy atom. The molecule has 0 aliphatic rings. The number of fused-ring (bicyclic) bond motifs is 1. The fraction of sp³-hybridized carbons (Fsp3) is 0.0714. The molecule has 10 heteroatoms. The van der Waals surface area contributed by atoms with Gasteiger partial charge in [0.1, 0.15) is 5.82 Å². The third-order valence-corrected chi connectivity index (χ3v) is 4.47. The molecule has 0 fully saturated rings. The zero-order valence-corrected chi connectivity index (χ0v) is 13.1. The minimum atomic E-state index is -3.97. The molecule has 0 atom stereocenters. The number of carbonyl (C=O) groups excluding carboxylic acids is 1. The number of ether oxygens (including phenoxy) is 1. The molecule has 124 valence electrons. The summed E-state index contributed by atoms with van der Waals surface area (Å²) in [6.45, 7) is 0. The number of carbonyl (C=O) groups is 1. The van der Waals surface area contributed by atoms with E-state index in [1.807, 2.05) is 0 Å². The number of hydrogen-bond donors (Lipinski definition) is 2. The highest BCUT2D eigenvalue weighted by Gasteiger charge is 2.17. The van der Waals surface area contributed by atoms with Crippen LogP contribution in [0.25, 0.3) is 11.1 Å². The number of nitrogens with zero attached hydrogens (tertiary/aromatic N) is 1. The van der Waals surface area contributed by atoms with Gasteiger partial charge in [-0.05, 0) is 30.3 Å². The van der Waals surface area contributed by atoms with Crippen LogP contribution in [-0.4, -0.2) is 31.5 Å². The lowest BCUT2D eigenvalue weighted by atomic mass is 10.3. The first-order valence-corrected chi connectivity index (χ1v) is 8.07. The smallest absolute Gasteiger partial charge is 0.417 e. The average molecular weight is 349 g/mol. The van der Waals surface area contributed by atoms with Gasteiger partial charge in [0, 0.05) is 6.20 Å². The van der Waals surface area contributed by atoms with Crippen molar-refractivity contribution < 1.29 is 22.4 Å². The molecule has 9 nitrogen and oxygen atoms in total. The van der Waals surface area contributed by atoms with Crippen LogP contribution in [0.1, 0.15) is 10.4 Å². The summed E-state index contributed by atoms with van der Waals surface area (Å²) in [5.74, 6) is -1.34. The fourth-order valence-electron chi connectivity index (χ4n) is 2.03. The number of nitrogens with one attached hydrogen (secondary N) is 2. The summed E-state index contributed by atoms with van der Waals surface area (Å²) in [6, 6.07) is 6.55. The second-order valence-electron chi connectivity index (χ2n) is 4.70. The topological polar surface area (TPSA) is 131 Å². The number of pyridine rings is 1. The van der Waals surface area contributed by atoms with E-state index in [-0.39, 0.29) is 27.4 Å². The van der Waals surface area contributed by atoms with Crippen molar-refractivity contribution >= 4 is 32.9 Å². The number of benzene rings is 1. The highest BCUT2D eigenvalue weighted by molar-refractivity contribution is 7.92. The first-order valence-electron chi connectivity index (χ1n) is 6.59. The van der Waals surface area contributed by atoms with Gasteiger partial charge in [-0.15, -0.1) is 0 Å². The molecule has 0 unspecified atom stereocenters. The monoisotopic (exact) mass is 349 g/mol. The zero-order valence-electron chi connectivity index (χ0n) is 12.3. The molecule has 0 radical (unpaired) electrons. The molecular formula is C14H11N3O6S. The summed E-state index contributed by atoms with van der Waals surface area (Å²) in [7, 11) is -2.76. The van der Waals surface area contributed by atoms with E-state index in [4.69, 9.17) is 4.42 Å². The van der Waals surface area contributed by atoms with E-state index in [2.05, 4.69) is 19.4 Å². The van der Waals surface area contributed by atoms with Crippen molar-refractivity contribution in [2.45, 2.75) is 4.90 Å². The Morgan fingerprint density at radius 1 is 1.29 bits per heavy atom. The Kier molecular flexibility index (Phi) is 3.81. The Balaban J connectivity index is 1.95. The van der Waals surface area contributed by atoms with Crippen LogP contribution in [0, 0.1) is 0 Å². The highest BCUT2D eigenvalue weighted by atomic mass is 32.2. The highest BCUT2D eigenvalue weighted by Crippen LogP contribution is 2.19. The standard InChI is InChI=1S/C14H11N3O6S/c1-22-13(18)8-4-5-15-12(6-8)17-24(20,21)9-2-3-11-10(7-9)16-14(19)23-11/h2-7H,1H3,(H,15,17)(H,16,19). The minimum absolute atomic E-state index is 0.0429. The summed E-state index contributed by atoms with van der Waals surface area (Å²) in [5, 5.41) is 0. The van der Waals surface area contributed by atoms with Crippen LogP contribution in [0.15, 0.2) is 50.6 Å². The molecule has 3 rings (SSSR count). The van der Waals surface area contributed by atoms with Crippen LogP contribution >= 0.6 is 0 Å². The largest absolute Gasteiger partial charge is 0.465 e. The second kappa shape index (κ2) is 5.81. The van der Waals surface area contributed by atoms with Crippen LogP contribution in [0.3, 0.4) is 0 Å². The molecule has 24 heavy (non-hydrogen) atoms. The van der Waals surface area contributed by atoms with E-state index in [1.54, 1.807) is 0 Å². The van der Waals surface area contributed by atoms with Crippen LogP contribution in [0.2, 0.25) is 0 Å². The van der Waals surface area contributed by atoms with Gasteiger partial charge >= 0.3 is 11.7 Å². The maximum absolute atomic E-state index is 12.4. The number of esters is 1. The van der Waals surface area contributed by atoms with Gasteiger partial charge in [-0.25, -0.2) is 23.0 Å². The number of hydrogen-bond acceptors (Lipinski definition) is 7.